The molecule has 10 heteroatoms. The summed E-state index contributed by atoms with van der Waals surface area (Å²) in [6.07, 6.45) is 1.31. The molecule has 0 bridgehead atoms. The number of ether oxygens (including phenoxy) is 3. The lowest BCUT2D eigenvalue weighted by Crippen LogP contribution is -2.42. The molecular weight excluding hydrogens is 624 g/mol. The first-order chi connectivity index (χ1) is 13.5. The highest BCUT2D eigenvalue weighted by molar-refractivity contribution is 14.1. The summed E-state index contributed by atoms with van der Waals surface area (Å²) in [5, 5.41) is 1.01. The van der Waals surface area contributed by atoms with E-state index in [1.165, 1.54) is 0 Å². The fourth-order valence-electron chi connectivity index (χ4n) is 3.37. The van der Waals surface area contributed by atoms with E-state index in [2.05, 4.69) is 51.8 Å². The standard InChI is InChI=1S/C19H23I2NO6S/c1-4-29(24,25)11-12-5-7-22(8-6-12)15(23)10-26-16-13(20)9-14(21)17-18(16)28-19(2,3)27-17/h4,9,12H,1,5-8,10-11H2,2-3H3. The molecule has 0 unspecified atom stereocenters. The van der Waals surface area contributed by atoms with Gasteiger partial charge in [0.2, 0.25) is 11.5 Å². The van der Waals surface area contributed by atoms with Crippen molar-refractivity contribution in [1.82, 2.24) is 4.90 Å². The molecule has 7 nitrogen and oxygen atoms in total. The van der Waals surface area contributed by atoms with Crippen LogP contribution >= 0.6 is 45.2 Å². The molecule has 29 heavy (non-hydrogen) atoms. The van der Waals surface area contributed by atoms with Crippen LogP contribution in [0.2, 0.25) is 0 Å². The highest BCUT2D eigenvalue weighted by Crippen LogP contribution is 2.50. The van der Waals surface area contributed by atoms with Crippen molar-refractivity contribution in [1.29, 1.82) is 0 Å². The Morgan fingerprint density at radius 3 is 2.52 bits per heavy atom. The molecule has 1 aromatic rings. The van der Waals surface area contributed by atoms with Crippen LogP contribution in [0.15, 0.2) is 18.1 Å². The average molecular weight is 647 g/mol. The summed E-state index contributed by atoms with van der Waals surface area (Å²) < 4.78 is 42.7. The monoisotopic (exact) mass is 647 g/mol. The molecule has 1 fully saturated rings. The van der Waals surface area contributed by atoms with Crippen LogP contribution in [0.25, 0.3) is 0 Å². The van der Waals surface area contributed by atoms with Crippen LogP contribution in [0, 0.1) is 13.1 Å². The molecule has 2 aliphatic rings. The minimum absolute atomic E-state index is 0.0520. The molecule has 0 atom stereocenters. The van der Waals surface area contributed by atoms with Crippen LogP contribution in [-0.4, -0.2) is 50.5 Å². The molecule has 0 aromatic heterocycles. The third kappa shape index (κ3) is 5.49. The quantitative estimate of drug-likeness (QED) is 0.440. The number of piperidine rings is 1. The number of carbonyl (C=O) groups excluding carboxylic acids is 1. The molecule has 2 heterocycles. The zero-order valence-corrected chi connectivity index (χ0v) is 21.4. The minimum Gasteiger partial charge on any atom is -0.479 e. The van der Waals surface area contributed by atoms with E-state index in [-0.39, 0.29) is 24.2 Å². The van der Waals surface area contributed by atoms with Gasteiger partial charge in [-0.05, 0) is 70.0 Å². The highest BCUT2D eigenvalue weighted by atomic mass is 127. The molecule has 0 saturated carbocycles. The second kappa shape index (κ2) is 8.77. The van der Waals surface area contributed by atoms with Crippen LogP contribution in [0.4, 0.5) is 0 Å². The molecule has 160 valence electrons. The Bertz CT molecular complexity index is 923. The Kier molecular flexibility index (Phi) is 6.93. The Labute approximate surface area is 198 Å². The SMILES string of the molecule is C=CS(=O)(=O)CC1CCN(C(=O)COc2c(I)cc(I)c3c2OC(C)(C)O3)CC1. The molecule has 3 rings (SSSR count). The second-order valence-electron chi connectivity index (χ2n) is 7.54. The number of hydrogen-bond acceptors (Lipinski definition) is 6. The van der Waals surface area contributed by atoms with E-state index < -0.39 is 15.6 Å². The van der Waals surface area contributed by atoms with Gasteiger partial charge in [0.05, 0.1) is 12.9 Å². The van der Waals surface area contributed by atoms with E-state index >= 15 is 0 Å². The summed E-state index contributed by atoms with van der Waals surface area (Å²) in [4.78, 5) is 14.3. The summed E-state index contributed by atoms with van der Waals surface area (Å²) >= 11 is 4.34. The summed E-state index contributed by atoms with van der Waals surface area (Å²) in [5.74, 6) is 0.881. The zero-order valence-electron chi connectivity index (χ0n) is 16.2. The number of benzene rings is 1. The number of halogens is 2. The van der Waals surface area contributed by atoms with Crippen LogP contribution < -0.4 is 14.2 Å². The number of carbonyl (C=O) groups is 1. The maximum absolute atomic E-state index is 12.6. The van der Waals surface area contributed by atoms with Crippen molar-refractivity contribution in [3.63, 3.8) is 0 Å². The van der Waals surface area contributed by atoms with Gasteiger partial charge in [-0.1, -0.05) is 6.58 Å². The number of sulfone groups is 1. The van der Waals surface area contributed by atoms with E-state index in [4.69, 9.17) is 14.2 Å². The summed E-state index contributed by atoms with van der Waals surface area (Å²) in [6.45, 7) is 7.93. The van der Waals surface area contributed by atoms with Gasteiger partial charge in [0.25, 0.3) is 5.91 Å². The lowest BCUT2D eigenvalue weighted by atomic mass is 9.99. The van der Waals surface area contributed by atoms with Gasteiger partial charge in [-0.2, -0.15) is 0 Å². The molecule has 1 aromatic carbocycles. The predicted molar refractivity (Wildman–Crippen MR) is 126 cm³/mol. The van der Waals surface area contributed by atoms with Crippen molar-refractivity contribution in [2.75, 3.05) is 25.4 Å². The van der Waals surface area contributed by atoms with E-state index in [1.54, 1.807) is 4.90 Å². The van der Waals surface area contributed by atoms with Crippen molar-refractivity contribution in [2.24, 2.45) is 5.92 Å². The number of hydrogen-bond donors (Lipinski definition) is 0. The van der Waals surface area contributed by atoms with Gasteiger partial charge in [0.15, 0.2) is 27.9 Å². The van der Waals surface area contributed by atoms with Gasteiger partial charge < -0.3 is 19.1 Å². The smallest absolute Gasteiger partial charge is 0.260 e. The van der Waals surface area contributed by atoms with Gasteiger partial charge in [-0.25, -0.2) is 8.42 Å². The molecule has 0 spiro atoms. The first kappa shape index (κ1) is 22.9. The van der Waals surface area contributed by atoms with Crippen molar-refractivity contribution < 1.29 is 27.4 Å². The molecule has 2 aliphatic heterocycles. The van der Waals surface area contributed by atoms with Crippen LogP contribution in [0.3, 0.4) is 0 Å². The van der Waals surface area contributed by atoms with E-state index in [0.29, 0.717) is 43.2 Å². The van der Waals surface area contributed by atoms with Crippen molar-refractivity contribution in [3.05, 3.63) is 25.2 Å². The van der Waals surface area contributed by atoms with Gasteiger partial charge in [0, 0.05) is 32.3 Å². The predicted octanol–water partition coefficient (Wildman–Crippen LogP) is 3.58. The topological polar surface area (TPSA) is 82.1 Å². The Hall–Kier alpha value is -0.760. The fraction of sp³-hybridized carbons (Fsp3) is 0.526. The molecular formula is C19H23I2NO6S. The van der Waals surface area contributed by atoms with Crippen LogP contribution in [-0.2, 0) is 14.6 Å². The third-order valence-corrected chi connectivity index (χ3v) is 7.87. The molecule has 0 radical (unpaired) electrons. The van der Waals surface area contributed by atoms with E-state index in [0.717, 1.165) is 12.5 Å². The van der Waals surface area contributed by atoms with Gasteiger partial charge in [-0.15, -0.1) is 0 Å². The van der Waals surface area contributed by atoms with Gasteiger partial charge in [0.1, 0.15) is 0 Å². The van der Waals surface area contributed by atoms with Crippen molar-refractivity contribution in [2.45, 2.75) is 32.5 Å². The number of amides is 1. The Morgan fingerprint density at radius 2 is 1.90 bits per heavy atom. The minimum atomic E-state index is -3.22. The van der Waals surface area contributed by atoms with E-state index in [9.17, 15) is 13.2 Å². The van der Waals surface area contributed by atoms with Crippen LogP contribution in [0.5, 0.6) is 17.2 Å². The average Bonchev–Trinajstić information content (AvgIpc) is 2.97. The molecule has 1 amide bonds. The van der Waals surface area contributed by atoms with Gasteiger partial charge in [-0.3, -0.25) is 4.79 Å². The molecule has 0 N–H and O–H groups in total. The van der Waals surface area contributed by atoms with Gasteiger partial charge >= 0.3 is 0 Å². The largest absolute Gasteiger partial charge is 0.479 e. The lowest BCUT2D eigenvalue weighted by molar-refractivity contribution is -0.134. The zero-order chi connectivity index (χ0) is 21.4. The maximum Gasteiger partial charge on any atom is 0.260 e. The van der Waals surface area contributed by atoms with E-state index in [1.807, 2.05) is 19.9 Å². The number of fused-ring (bicyclic) bond motifs is 1. The second-order valence-corrected chi connectivity index (χ2v) is 11.9. The van der Waals surface area contributed by atoms with Crippen molar-refractivity contribution >= 4 is 60.9 Å². The molecule has 0 aliphatic carbocycles. The maximum atomic E-state index is 12.6. The number of rotatable bonds is 6. The lowest BCUT2D eigenvalue weighted by Gasteiger charge is -2.31. The number of likely N-dealkylation sites (tertiary alicyclic amines) is 1. The first-order valence-corrected chi connectivity index (χ1v) is 13.0. The fourth-order valence-corrected chi connectivity index (χ4v) is 6.47. The van der Waals surface area contributed by atoms with Crippen LogP contribution in [0.1, 0.15) is 26.7 Å². The highest BCUT2D eigenvalue weighted by Gasteiger charge is 2.37. The summed E-state index contributed by atoms with van der Waals surface area (Å²) in [7, 11) is -3.22. The Morgan fingerprint density at radius 1 is 1.28 bits per heavy atom. The normalized spacial score (nSPS) is 18.6. The first-order valence-electron chi connectivity index (χ1n) is 9.17. The summed E-state index contributed by atoms with van der Waals surface area (Å²) in [5.41, 5.74) is 0. The summed E-state index contributed by atoms with van der Waals surface area (Å²) in [6, 6.07) is 1.93. The van der Waals surface area contributed by atoms with Crippen molar-refractivity contribution in [3.8, 4) is 17.2 Å². The molecule has 1 saturated heterocycles. The number of nitrogens with zero attached hydrogens (tertiary/aromatic N) is 1. The third-order valence-electron chi connectivity index (χ3n) is 4.82. The Balaban J connectivity index is 1.60.